The van der Waals surface area contributed by atoms with E-state index in [1.54, 1.807) is 31.2 Å². The first-order valence-corrected chi connectivity index (χ1v) is 10.9. The lowest BCUT2D eigenvalue weighted by Gasteiger charge is -2.19. The highest BCUT2D eigenvalue weighted by Gasteiger charge is 2.24. The molecule has 1 amide bonds. The van der Waals surface area contributed by atoms with Crippen molar-refractivity contribution >= 4 is 39.8 Å². The van der Waals surface area contributed by atoms with Gasteiger partial charge in [-0.05, 0) is 35.6 Å². The molecule has 3 aromatic rings. The monoisotopic (exact) mass is 441 g/mol. The highest BCUT2D eigenvalue weighted by atomic mass is 35.5. The molecule has 0 saturated heterocycles. The number of halogens is 1. The zero-order valence-corrected chi connectivity index (χ0v) is 19.0. The van der Waals surface area contributed by atoms with Crippen LogP contribution in [0.4, 0.5) is 5.00 Å². The van der Waals surface area contributed by atoms with E-state index in [0.29, 0.717) is 21.2 Å². The Hall–Kier alpha value is -2.63. The molecule has 0 unspecified atom stereocenters. The van der Waals surface area contributed by atoms with Crippen LogP contribution in [0.2, 0.25) is 5.02 Å². The third kappa shape index (κ3) is 4.74. The number of nitrogens with one attached hydrogen (secondary N) is 1. The van der Waals surface area contributed by atoms with Gasteiger partial charge in [-0.3, -0.25) is 4.79 Å². The first-order valence-electron chi connectivity index (χ1n) is 9.67. The molecule has 6 heteroatoms. The first kappa shape index (κ1) is 22.1. The minimum Gasteiger partial charge on any atom is -0.462 e. The molecular weight excluding hydrogens is 418 g/mol. The highest BCUT2D eigenvalue weighted by Crippen LogP contribution is 2.37. The third-order valence-corrected chi connectivity index (χ3v) is 5.90. The van der Waals surface area contributed by atoms with Gasteiger partial charge < -0.3 is 10.1 Å². The summed E-state index contributed by atoms with van der Waals surface area (Å²) in [7, 11) is 0. The molecule has 0 radical (unpaired) electrons. The number of anilines is 1. The van der Waals surface area contributed by atoms with E-state index in [9.17, 15) is 9.59 Å². The van der Waals surface area contributed by atoms with Gasteiger partial charge in [0.15, 0.2) is 0 Å². The summed E-state index contributed by atoms with van der Waals surface area (Å²) in [5.74, 6) is -0.842. The summed E-state index contributed by atoms with van der Waals surface area (Å²) in [6.07, 6.45) is 0. The average Bonchev–Trinajstić information content (AvgIpc) is 3.11. The minimum atomic E-state index is -0.469. The van der Waals surface area contributed by atoms with E-state index in [1.165, 1.54) is 16.9 Å². The van der Waals surface area contributed by atoms with Gasteiger partial charge in [0.25, 0.3) is 5.91 Å². The Bertz CT molecular complexity index is 1060. The minimum absolute atomic E-state index is 0.0330. The molecule has 3 rings (SSSR count). The number of hydrogen-bond donors (Lipinski definition) is 1. The Labute approximate surface area is 185 Å². The quantitative estimate of drug-likeness (QED) is 0.443. The van der Waals surface area contributed by atoms with Crippen LogP contribution >= 0.6 is 22.9 Å². The van der Waals surface area contributed by atoms with Crippen LogP contribution in [0.1, 0.15) is 54.0 Å². The second-order valence-electron chi connectivity index (χ2n) is 7.84. The number of hydrogen-bond acceptors (Lipinski definition) is 4. The number of amides is 1. The van der Waals surface area contributed by atoms with Crippen LogP contribution in [-0.4, -0.2) is 18.5 Å². The Morgan fingerprint density at radius 3 is 2.33 bits per heavy atom. The van der Waals surface area contributed by atoms with Gasteiger partial charge in [-0.1, -0.05) is 68.8 Å². The molecule has 0 atom stereocenters. The van der Waals surface area contributed by atoms with E-state index >= 15 is 0 Å². The summed E-state index contributed by atoms with van der Waals surface area (Å²) in [6.45, 7) is 8.45. The van der Waals surface area contributed by atoms with Gasteiger partial charge in [-0.2, -0.15) is 0 Å². The van der Waals surface area contributed by atoms with Crippen LogP contribution in [0.15, 0.2) is 53.9 Å². The molecule has 0 spiro atoms. The van der Waals surface area contributed by atoms with Crippen LogP contribution < -0.4 is 5.32 Å². The lowest BCUT2D eigenvalue weighted by molar-refractivity contribution is 0.0529. The van der Waals surface area contributed by atoms with Gasteiger partial charge in [0.05, 0.1) is 17.2 Å². The lowest BCUT2D eigenvalue weighted by Crippen LogP contribution is -2.15. The molecule has 0 aliphatic carbocycles. The third-order valence-electron chi connectivity index (χ3n) is 4.68. The summed E-state index contributed by atoms with van der Waals surface area (Å²) < 4.78 is 5.27. The van der Waals surface area contributed by atoms with Crippen LogP contribution in [0.5, 0.6) is 0 Å². The van der Waals surface area contributed by atoms with Crippen molar-refractivity contribution in [3.63, 3.8) is 0 Å². The molecule has 4 nitrogen and oxygen atoms in total. The maximum absolute atomic E-state index is 12.7. The number of esters is 1. The Morgan fingerprint density at radius 2 is 1.73 bits per heavy atom. The molecule has 0 saturated carbocycles. The van der Waals surface area contributed by atoms with Crippen LogP contribution in [0.25, 0.3) is 11.1 Å². The molecule has 2 aromatic carbocycles. The van der Waals surface area contributed by atoms with Gasteiger partial charge in [0.1, 0.15) is 10.6 Å². The molecule has 0 bridgehead atoms. The van der Waals surface area contributed by atoms with Crippen LogP contribution in [0, 0.1) is 0 Å². The predicted octanol–water partition coefficient (Wildman–Crippen LogP) is 6.80. The number of ether oxygens (including phenoxy) is 1. The average molecular weight is 442 g/mol. The van der Waals surface area contributed by atoms with Crippen molar-refractivity contribution in [1.29, 1.82) is 0 Å². The summed E-state index contributed by atoms with van der Waals surface area (Å²) in [5.41, 5.74) is 3.55. The van der Waals surface area contributed by atoms with Crippen molar-refractivity contribution in [1.82, 2.24) is 0 Å². The standard InChI is InChI=1S/C24H24ClNO3S/c1-5-29-23(28)20-18(15-10-12-16(13-11-15)24(2,3)4)14-30-22(20)26-21(27)17-8-6-7-9-19(17)25/h6-14H,5H2,1-4H3,(H,26,27). The number of rotatable bonds is 5. The SMILES string of the molecule is CCOC(=O)c1c(-c2ccc(C(C)(C)C)cc2)csc1NC(=O)c1ccccc1Cl. The maximum Gasteiger partial charge on any atom is 0.341 e. The van der Waals surface area contributed by atoms with E-state index in [4.69, 9.17) is 16.3 Å². The van der Waals surface area contributed by atoms with Crippen LogP contribution in [0.3, 0.4) is 0 Å². The van der Waals surface area contributed by atoms with E-state index in [1.807, 2.05) is 17.5 Å². The zero-order chi connectivity index (χ0) is 21.9. The van der Waals surface area contributed by atoms with Gasteiger partial charge in [0, 0.05) is 10.9 Å². The van der Waals surface area contributed by atoms with Crippen molar-refractivity contribution in [3.8, 4) is 11.1 Å². The fourth-order valence-electron chi connectivity index (χ4n) is 3.03. The van der Waals surface area contributed by atoms with E-state index in [2.05, 4.69) is 38.2 Å². The molecule has 1 aromatic heterocycles. The Balaban J connectivity index is 1.99. The number of benzene rings is 2. The van der Waals surface area contributed by atoms with Crippen LogP contribution in [-0.2, 0) is 10.2 Å². The lowest BCUT2D eigenvalue weighted by atomic mass is 9.86. The number of carbonyl (C=O) groups excluding carboxylic acids is 2. The topological polar surface area (TPSA) is 55.4 Å². The smallest absolute Gasteiger partial charge is 0.341 e. The Kier molecular flexibility index (Phi) is 6.64. The van der Waals surface area contributed by atoms with E-state index < -0.39 is 5.97 Å². The molecule has 0 fully saturated rings. The first-order chi connectivity index (χ1) is 14.2. The number of thiophene rings is 1. The van der Waals surface area contributed by atoms with Crippen molar-refractivity contribution in [3.05, 3.63) is 75.6 Å². The maximum atomic E-state index is 12.7. The second kappa shape index (κ2) is 9.02. The fraction of sp³-hybridized carbons (Fsp3) is 0.250. The normalized spacial score (nSPS) is 11.2. The largest absolute Gasteiger partial charge is 0.462 e. The van der Waals surface area contributed by atoms with Crippen molar-refractivity contribution < 1.29 is 14.3 Å². The molecule has 1 heterocycles. The van der Waals surface area contributed by atoms with Gasteiger partial charge in [-0.15, -0.1) is 11.3 Å². The molecular formula is C24H24ClNO3S. The van der Waals surface area contributed by atoms with Gasteiger partial charge in [-0.25, -0.2) is 4.79 Å². The summed E-state index contributed by atoms with van der Waals surface area (Å²) in [4.78, 5) is 25.5. The fourth-order valence-corrected chi connectivity index (χ4v) is 4.21. The van der Waals surface area contributed by atoms with Crippen molar-refractivity contribution in [2.75, 3.05) is 11.9 Å². The predicted molar refractivity (Wildman–Crippen MR) is 124 cm³/mol. The molecule has 156 valence electrons. The molecule has 0 aliphatic heterocycles. The Morgan fingerprint density at radius 1 is 1.07 bits per heavy atom. The van der Waals surface area contributed by atoms with Gasteiger partial charge >= 0.3 is 5.97 Å². The second-order valence-corrected chi connectivity index (χ2v) is 9.12. The summed E-state index contributed by atoms with van der Waals surface area (Å²) >= 11 is 7.43. The van der Waals surface area contributed by atoms with Crippen molar-refractivity contribution in [2.24, 2.45) is 0 Å². The van der Waals surface area contributed by atoms with E-state index in [0.717, 1.165) is 11.1 Å². The summed E-state index contributed by atoms with van der Waals surface area (Å²) in [5, 5.41) is 5.48. The van der Waals surface area contributed by atoms with Crippen molar-refractivity contribution in [2.45, 2.75) is 33.1 Å². The molecule has 0 aliphatic rings. The number of carbonyl (C=O) groups is 2. The van der Waals surface area contributed by atoms with Gasteiger partial charge in [0.2, 0.25) is 0 Å². The molecule has 30 heavy (non-hydrogen) atoms. The highest BCUT2D eigenvalue weighted by molar-refractivity contribution is 7.15. The zero-order valence-electron chi connectivity index (χ0n) is 17.4. The molecule has 1 N–H and O–H groups in total. The summed E-state index contributed by atoms with van der Waals surface area (Å²) in [6, 6.07) is 14.9. The van der Waals surface area contributed by atoms with E-state index in [-0.39, 0.29) is 17.9 Å².